The first kappa shape index (κ1) is 12.3. The van der Waals surface area contributed by atoms with Crippen molar-refractivity contribution in [2.45, 2.75) is 12.8 Å². The van der Waals surface area contributed by atoms with Crippen LogP contribution in [0.4, 0.5) is 0 Å². The van der Waals surface area contributed by atoms with E-state index in [-0.39, 0.29) is 5.78 Å². The Balaban J connectivity index is 1.84. The van der Waals surface area contributed by atoms with Gasteiger partial charge in [-0.25, -0.2) is 0 Å². The van der Waals surface area contributed by atoms with Crippen molar-refractivity contribution >= 4 is 5.78 Å². The predicted molar refractivity (Wildman–Crippen MR) is 74.7 cm³/mol. The highest BCUT2D eigenvalue weighted by molar-refractivity contribution is 6.04. The molecule has 0 heterocycles. The maximum absolute atomic E-state index is 11.8. The summed E-state index contributed by atoms with van der Waals surface area (Å²) in [6.07, 6.45) is 5.47. The van der Waals surface area contributed by atoms with Gasteiger partial charge in [0.15, 0.2) is 5.78 Å². The summed E-state index contributed by atoms with van der Waals surface area (Å²) in [5.41, 5.74) is 2.04. The topological polar surface area (TPSA) is 17.1 Å². The van der Waals surface area contributed by atoms with Gasteiger partial charge in [-0.1, -0.05) is 66.7 Å². The number of hydrogen-bond donors (Lipinski definition) is 0. The van der Waals surface area contributed by atoms with E-state index >= 15 is 0 Å². The minimum atomic E-state index is 0.0728. The number of benzene rings is 2. The van der Waals surface area contributed by atoms with Gasteiger partial charge in [0.25, 0.3) is 0 Å². The zero-order valence-electron chi connectivity index (χ0n) is 10.3. The summed E-state index contributed by atoms with van der Waals surface area (Å²) in [5.74, 6) is 0.0728. The first-order valence-corrected chi connectivity index (χ1v) is 6.16. The summed E-state index contributed by atoms with van der Waals surface area (Å²) in [6, 6.07) is 19.6. The Morgan fingerprint density at radius 2 is 1.50 bits per heavy atom. The van der Waals surface area contributed by atoms with Gasteiger partial charge < -0.3 is 0 Å². The van der Waals surface area contributed by atoms with Crippen LogP contribution >= 0.6 is 0 Å². The van der Waals surface area contributed by atoms with Crippen molar-refractivity contribution in [3.8, 4) is 0 Å². The third-order valence-electron chi connectivity index (χ3n) is 2.77. The van der Waals surface area contributed by atoms with Crippen LogP contribution in [0.1, 0.15) is 22.3 Å². The molecule has 2 rings (SSSR count). The predicted octanol–water partition coefficient (Wildman–Crippen LogP) is 4.06. The van der Waals surface area contributed by atoms with E-state index < -0.39 is 0 Å². The largest absolute Gasteiger partial charge is 0.289 e. The van der Waals surface area contributed by atoms with E-state index in [0.717, 1.165) is 18.4 Å². The molecule has 0 unspecified atom stereocenters. The number of rotatable bonds is 5. The minimum absolute atomic E-state index is 0.0728. The second kappa shape index (κ2) is 6.55. The van der Waals surface area contributed by atoms with Crippen LogP contribution in [-0.2, 0) is 6.42 Å². The molecule has 0 N–H and O–H groups in total. The van der Waals surface area contributed by atoms with Gasteiger partial charge in [0.2, 0.25) is 0 Å². The molecule has 0 radical (unpaired) electrons. The number of aryl methyl sites for hydroxylation is 1. The smallest absolute Gasteiger partial charge is 0.185 e. The number of carbonyl (C=O) groups excluding carboxylic acids is 1. The van der Waals surface area contributed by atoms with Crippen LogP contribution in [0.25, 0.3) is 0 Å². The first-order chi connectivity index (χ1) is 8.86. The second-order valence-corrected chi connectivity index (χ2v) is 4.16. The van der Waals surface area contributed by atoms with Crippen LogP contribution in [0.15, 0.2) is 72.8 Å². The Kier molecular flexibility index (Phi) is 4.48. The fourth-order valence-electron chi connectivity index (χ4n) is 1.78. The molecule has 0 saturated carbocycles. The van der Waals surface area contributed by atoms with E-state index in [1.807, 2.05) is 54.6 Å². The SMILES string of the molecule is O=C(C=CCCc1ccccc1)c1ccccc1. The lowest BCUT2D eigenvalue weighted by atomic mass is 10.1. The molecule has 0 saturated heterocycles. The Labute approximate surface area is 108 Å². The van der Waals surface area contributed by atoms with Crippen LogP contribution in [0.5, 0.6) is 0 Å². The zero-order chi connectivity index (χ0) is 12.6. The molecule has 1 nitrogen and oxygen atoms in total. The number of ketones is 1. The highest BCUT2D eigenvalue weighted by atomic mass is 16.1. The zero-order valence-corrected chi connectivity index (χ0v) is 10.3. The van der Waals surface area contributed by atoms with Gasteiger partial charge in [0.1, 0.15) is 0 Å². The van der Waals surface area contributed by atoms with Gasteiger partial charge in [0.05, 0.1) is 0 Å². The lowest BCUT2D eigenvalue weighted by Crippen LogP contribution is -1.93. The van der Waals surface area contributed by atoms with Gasteiger partial charge in [-0.2, -0.15) is 0 Å². The van der Waals surface area contributed by atoms with Crippen molar-refractivity contribution in [3.05, 3.63) is 83.9 Å². The van der Waals surface area contributed by atoms with Gasteiger partial charge >= 0.3 is 0 Å². The van der Waals surface area contributed by atoms with E-state index in [9.17, 15) is 4.79 Å². The average molecular weight is 236 g/mol. The van der Waals surface area contributed by atoms with Crippen LogP contribution < -0.4 is 0 Å². The number of hydrogen-bond acceptors (Lipinski definition) is 1. The van der Waals surface area contributed by atoms with Gasteiger partial charge in [0, 0.05) is 5.56 Å². The maximum Gasteiger partial charge on any atom is 0.185 e. The van der Waals surface area contributed by atoms with E-state index in [4.69, 9.17) is 0 Å². The van der Waals surface area contributed by atoms with Crippen LogP contribution in [0, 0.1) is 0 Å². The molecule has 0 amide bonds. The summed E-state index contributed by atoms with van der Waals surface area (Å²) in [5, 5.41) is 0. The molecule has 0 atom stereocenters. The molecule has 1 heteroatoms. The number of allylic oxidation sites excluding steroid dienone is 2. The molecule has 90 valence electrons. The highest BCUT2D eigenvalue weighted by Gasteiger charge is 1.98. The van der Waals surface area contributed by atoms with Gasteiger partial charge in [-0.15, -0.1) is 0 Å². The molecular formula is C17H16O. The Bertz CT molecular complexity index is 512. The quantitative estimate of drug-likeness (QED) is 0.565. The standard InChI is InChI=1S/C17H16O/c18-17(16-12-5-2-6-13-16)14-8-7-11-15-9-3-1-4-10-15/h1-6,8-10,12-14H,7,11H2. The lowest BCUT2D eigenvalue weighted by Gasteiger charge is -1.97. The number of carbonyl (C=O) groups is 1. The molecule has 0 fully saturated rings. The molecule has 0 aliphatic heterocycles. The van der Waals surface area contributed by atoms with Crippen molar-refractivity contribution < 1.29 is 4.79 Å². The van der Waals surface area contributed by atoms with Crippen molar-refractivity contribution in [1.29, 1.82) is 0 Å². The minimum Gasteiger partial charge on any atom is -0.289 e. The summed E-state index contributed by atoms with van der Waals surface area (Å²) in [4.78, 5) is 11.8. The van der Waals surface area contributed by atoms with Crippen LogP contribution in [-0.4, -0.2) is 5.78 Å². The van der Waals surface area contributed by atoms with E-state index in [2.05, 4.69) is 12.1 Å². The molecule has 2 aromatic rings. The Morgan fingerprint density at radius 3 is 2.17 bits per heavy atom. The Hall–Kier alpha value is -2.15. The molecule has 18 heavy (non-hydrogen) atoms. The lowest BCUT2D eigenvalue weighted by molar-refractivity contribution is 0.104. The average Bonchev–Trinajstić information content (AvgIpc) is 2.45. The van der Waals surface area contributed by atoms with E-state index in [1.165, 1.54) is 5.56 Å². The normalized spacial score (nSPS) is 10.7. The van der Waals surface area contributed by atoms with E-state index in [1.54, 1.807) is 6.08 Å². The highest BCUT2D eigenvalue weighted by Crippen LogP contribution is 2.04. The second-order valence-electron chi connectivity index (χ2n) is 4.16. The van der Waals surface area contributed by atoms with Crippen molar-refractivity contribution in [2.24, 2.45) is 0 Å². The van der Waals surface area contributed by atoms with Crippen LogP contribution in [0.2, 0.25) is 0 Å². The maximum atomic E-state index is 11.8. The monoisotopic (exact) mass is 236 g/mol. The first-order valence-electron chi connectivity index (χ1n) is 6.16. The van der Waals surface area contributed by atoms with E-state index in [0.29, 0.717) is 0 Å². The Morgan fingerprint density at radius 1 is 0.889 bits per heavy atom. The molecule has 0 aromatic heterocycles. The van der Waals surface area contributed by atoms with Gasteiger partial charge in [-0.3, -0.25) is 4.79 Å². The molecule has 0 aliphatic rings. The molecule has 0 aliphatic carbocycles. The van der Waals surface area contributed by atoms with Crippen molar-refractivity contribution in [3.63, 3.8) is 0 Å². The summed E-state index contributed by atoms with van der Waals surface area (Å²) >= 11 is 0. The van der Waals surface area contributed by atoms with Gasteiger partial charge in [-0.05, 0) is 24.5 Å². The molecule has 0 bridgehead atoms. The fourth-order valence-corrected chi connectivity index (χ4v) is 1.78. The fraction of sp³-hybridized carbons (Fsp3) is 0.118. The molecule has 2 aromatic carbocycles. The van der Waals surface area contributed by atoms with Crippen molar-refractivity contribution in [1.82, 2.24) is 0 Å². The molecule has 0 spiro atoms. The van der Waals surface area contributed by atoms with Crippen LogP contribution in [0.3, 0.4) is 0 Å². The third-order valence-corrected chi connectivity index (χ3v) is 2.77. The molecular weight excluding hydrogens is 220 g/mol. The summed E-state index contributed by atoms with van der Waals surface area (Å²) in [6.45, 7) is 0. The summed E-state index contributed by atoms with van der Waals surface area (Å²) in [7, 11) is 0. The third kappa shape index (κ3) is 3.70. The summed E-state index contributed by atoms with van der Waals surface area (Å²) < 4.78 is 0. The van der Waals surface area contributed by atoms with Crippen molar-refractivity contribution in [2.75, 3.05) is 0 Å².